The molecular weight excluding hydrogens is 226 g/mol. The summed E-state index contributed by atoms with van der Waals surface area (Å²) in [5.74, 6) is 0. The van der Waals surface area contributed by atoms with E-state index < -0.39 is 0 Å². The second-order valence-corrected chi connectivity index (χ2v) is 4.47. The number of allylic oxidation sites excluding steroid dienone is 1. The van der Waals surface area contributed by atoms with Crippen LogP contribution in [0.3, 0.4) is 0 Å². The van der Waals surface area contributed by atoms with E-state index in [1.165, 1.54) is 11.1 Å². The van der Waals surface area contributed by atoms with Gasteiger partial charge in [0.1, 0.15) is 0 Å². The second-order valence-electron chi connectivity index (χ2n) is 4.01. The van der Waals surface area contributed by atoms with Crippen LogP contribution in [0.1, 0.15) is 26.3 Å². The normalized spacial score (nSPS) is 13.1. The zero-order chi connectivity index (χ0) is 9.90. The fourth-order valence-corrected chi connectivity index (χ4v) is 2.14. The number of rotatable bonds is 1. The Kier molecular flexibility index (Phi) is 3.26. The molecule has 1 nitrogen and oxygen atoms in total. The molecule has 0 saturated carbocycles. The molecule has 0 bridgehead atoms. The van der Waals surface area contributed by atoms with Crippen molar-refractivity contribution in [1.82, 2.24) is 4.98 Å². The van der Waals surface area contributed by atoms with Gasteiger partial charge in [0.2, 0.25) is 0 Å². The first-order valence-electron chi connectivity index (χ1n) is 4.27. The molecule has 70 valence electrons. The van der Waals surface area contributed by atoms with Crippen LogP contribution in [0.2, 0.25) is 0 Å². The van der Waals surface area contributed by atoms with Crippen molar-refractivity contribution >= 4 is 21.5 Å². The van der Waals surface area contributed by atoms with Gasteiger partial charge in [-0.2, -0.15) is 0 Å². The topological polar surface area (TPSA) is 12.9 Å². The monoisotopic (exact) mass is 239 g/mol. The number of halogens is 1. The molecule has 0 N–H and O–H groups in total. The molecule has 1 aromatic heterocycles. The predicted molar refractivity (Wildman–Crippen MR) is 60.6 cm³/mol. The van der Waals surface area contributed by atoms with Crippen molar-refractivity contribution in [3.63, 3.8) is 0 Å². The predicted octanol–water partition coefficient (Wildman–Crippen LogP) is 3.86. The van der Waals surface area contributed by atoms with E-state index in [1.54, 1.807) is 0 Å². The van der Waals surface area contributed by atoms with Gasteiger partial charge in [0.05, 0.1) is 0 Å². The van der Waals surface area contributed by atoms with Crippen LogP contribution in [0.4, 0.5) is 0 Å². The lowest BCUT2D eigenvalue weighted by atomic mass is 9.84. The van der Waals surface area contributed by atoms with Gasteiger partial charge in [0.25, 0.3) is 0 Å². The summed E-state index contributed by atoms with van der Waals surface area (Å²) in [6.45, 7) is 6.58. The molecule has 2 heteroatoms. The van der Waals surface area contributed by atoms with E-state index in [1.807, 2.05) is 29.5 Å². The molecule has 0 amide bonds. The molecule has 0 aliphatic rings. The average molecular weight is 240 g/mol. The molecule has 0 aliphatic carbocycles. The Morgan fingerprint density at radius 2 is 1.85 bits per heavy atom. The smallest absolute Gasteiger partial charge is 0.0273 e. The number of hydrogen-bond acceptors (Lipinski definition) is 1. The van der Waals surface area contributed by atoms with Crippen LogP contribution >= 0.6 is 15.9 Å². The Morgan fingerprint density at radius 1 is 1.31 bits per heavy atom. The maximum Gasteiger partial charge on any atom is 0.0273 e. The van der Waals surface area contributed by atoms with Gasteiger partial charge in [-0.1, -0.05) is 36.7 Å². The summed E-state index contributed by atoms with van der Waals surface area (Å²) in [5.41, 5.74) is 2.67. The quantitative estimate of drug-likeness (QED) is 0.726. The van der Waals surface area contributed by atoms with E-state index in [4.69, 9.17) is 0 Å². The van der Waals surface area contributed by atoms with Gasteiger partial charge in [-0.05, 0) is 33.7 Å². The van der Waals surface area contributed by atoms with Crippen molar-refractivity contribution < 1.29 is 0 Å². The number of nitrogens with zero attached hydrogens (tertiary/aromatic N) is 1. The van der Waals surface area contributed by atoms with E-state index in [2.05, 4.69) is 41.7 Å². The lowest BCUT2D eigenvalue weighted by Gasteiger charge is -2.22. The summed E-state index contributed by atoms with van der Waals surface area (Å²) in [6, 6.07) is 4.05. The van der Waals surface area contributed by atoms with E-state index >= 15 is 0 Å². The minimum Gasteiger partial charge on any atom is -0.265 e. The Bertz CT molecular complexity index is 296. The molecule has 0 unspecified atom stereocenters. The highest BCUT2D eigenvalue weighted by Gasteiger charge is 2.17. The van der Waals surface area contributed by atoms with Gasteiger partial charge in [-0.25, -0.2) is 0 Å². The van der Waals surface area contributed by atoms with E-state index in [0.29, 0.717) is 0 Å². The highest BCUT2D eigenvalue weighted by molar-refractivity contribution is 9.11. The van der Waals surface area contributed by atoms with Crippen molar-refractivity contribution in [1.29, 1.82) is 0 Å². The number of pyridine rings is 1. The molecule has 0 aromatic carbocycles. The standard InChI is InChI=1S/C11H14BrN/c1-11(2,3)10(8-12)9-4-6-13-7-5-9/h4-8H,1-3H3/b10-8-. The van der Waals surface area contributed by atoms with E-state index in [9.17, 15) is 0 Å². The molecule has 0 fully saturated rings. The molecule has 0 saturated heterocycles. The summed E-state index contributed by atoms with van der Waals surface area (Å²) in [5, 5.41) is 0. The summed E-state index contributed by atoms with van der Waals surface area (Å²) in [6.07, 6.45) is 3.63. The van der Waals surface area contributed by atoms with Gasteiger partial charge in [0.15, 0.2) is 0 Å². The molecule has 1 aromatic rings. The highest BCUT2D eigenvalue weighted by atomic mass is 79.9. The lowest BCUT2D eigenvalue weighted by Crippen LogP contribution is -2.07. The molecule has 0 aliphatic heterocycles. The SMILES string of the molecule is CC(C)(C)/C(=C\Br)c1ccncc1. The molecule has 1 heterocycles. The molecule has 13 heavy (non-hydrogen) atoms. The van der Waals surface area contributed by atoms with Gasteiger partial charge in [0, 0.05) is 12.4 Å². The van der Waals surface area contributed by atoms with Gasteiger partial charge >= 0.3 is 0 Å². The zero-order valence-corrected chi connectivity index (χ0v) is 9.80. The largest absolute Gasteiger partial charge is 0.265 e. The van der Waals surface area contributed by atoms with E-state index in [0.717, 1.165) is 0 Å². The number of hydrogen-bond donors (Lipinski definition) is 0. The van der Waals surface area contributed by atoms with Gasteiger partial charge in [-0.15, -0.1) is 0 Å². The zero-order valence-electron chi connectivity index (χ0n) is 8.21. The maximum absolute atomic E-state index is 4.00. The first kappa shape index (κ1) is 10.5. The molecule has 1 rings (SSSR count). The Labute approximate surface area is 88.0 Å². The number of aromatic nitrogens is 1. The highest BCUT2D eigenvalue weighted by Crippen LogP contribution is 2.34. The third kappa shape index (κ3) is 2.66. The van der Waals surface area contributed by atoms with Crippen molar-refractivity contribution in [2.75, 3.05) is 0 Å². The minimum atomic E-state index is 0.158. The van der Waals surface area contributed by atoms with Crippen molar-refractivity contribution in [3.05, 3.63) is 35.1 Å². The lowest BCUT2D eigenvalue weighted by molar-refractivity contribution is 0.567. The Hall–Kier alpha value is -0.630. The summed E-state index contributed by atoms with van der Waals surface area (Å²) >= 11 is 3.41. The Morgan fingerprint density at radius 3 is 2.23 bits per heavy atom. The van der Waals surface area contributed by atoms with Crippen molar-refractivity contribution in [2.45, 2.75) is 20.8 Å². The summed E-state index contributed by atoms with van der Waals surface area (Å²) < 4.78 is 0. The van der Waals surface area contributed by atoms with Crippen molar-refractivity contribution in [3.8, 4) is 0 Å². The molecule has 0 radical (unpaired) electrons. The first-order chi connectivity index (χ1) is 6.05. The summed E-state index contributed by atoms with van der Waals surface area (Å²) in [4.78, 5) is 5.99. The molecular formula is C11H14BrN. The van der Waals surface area contributed by atoms with Gasteiger partial charge in [-0.3, -0.25) is 4.98 Å². The molecule has 0 atom stereocenters. The van der Waals surface area contributed by atoms with Crippen LogP contribution in [0.5, 0.6) is 0 Å². The van der Waals surface area contributed by atoms with Crippen LogP contribution in [0.15, 0.2) is 29.5 Å². The van der Waals surface area contributed by atoms with E-state index in [-0.39, 0.29) is 5.41 Å². The molecule has 0 spiro atoms. The third-order valence-corrected chi connectivity index (χ3v) is 2.37. The summed E-state index contributed by atoms with van der Waals surface area (Å²) in [7, 11) is 0. The van der Waals surface area contributed by atoms with Crippen LogP contribution in [-0.4, -0.2) is 4.98 Å². The van der Waals surface area contributed by atoms with Crippen LogP contribution < -0.4 is 0 Å². The van der Waals surface area contributed by atoms with Gasteiger partial charge < -0.3 is 0 Å². The minimum absolute atomic E-state index is 0.158. The maximum atomic E-state index is 4.00. The average Bonchev–Trinajstić information content (AvgIpc) is 2.05. The fraction of sp³-hybridized carbons (Fsp3) is 0.364. The van der Waals surface area contributed by atoms with Crippen LogP contribution in [-0.2, 0) is 0 Å². The first-order valence-corrected chi connectivity index (χ1v) is 5.18. The third-order valence-electron chi connectivity index (χ3n) is 1.91. The second kappa shape index (κ2) is 4.05. The van der Waals surface area contributed by atoms with Crippen LogP contribution in [0, 0.1) is 5.41 Å². The Balaban J connectivity index is 3.08. The fourth-order valence-electron chi connectivity index (χ4n) is 1.19. The van der Waals surface area contributed by atoms with Crippen molar-refractivity contribution in [2.24, 2.45) is 5.41 Å². The van der Waals surface area contributed by atoms with Crippen LogP contribution in [0.25, 0.3) is 5.57 Å².